The Kier molecular flexibility index (Phi) is 5.61. The number of carbonyl (C=O) groups is 2. The maximum atomic E-state index is 12.6. The van der Waals surface area contributed by atoms with Crippen LogP contribution in [0.25, 0.3) is 17.4 Å². The Balaban J connectivity index is 1.54. The van der Waals surface area contributed by atoms with E-state index in [0.717, 1.165) is 0 Å². The van der Waals surface area contributed by atoms with Gasteiger partial charge in [-0.3, -0.25) is 19.8 Å². The second-order valence-corrected chi connectivity index (χ2v) is 7.74. The molecule has 1 fully saturated rings. The summed E-state index contributed by atoms with van der Waals surface area (Å²) in [6.07, 6.45) is 1.61. The van der Waals surface area contributed by atoms with Crippen molar-refractivity contribution in [1.29, 1.82) is 0 Å². The maximum absolute atomic E-state index is 12.6. The van der Waals surface area contributed by atoms with Gasteiger partial charge in [0.1, 0.15) is 11.5 Å². The van der Waals surface area contributed by atoms with E-state index in [-0.39, 0.29) is 17.2 Å². The van der Waals surface area contributed by atoms with Gasteiger partial charge in [0, 0.05) is 30.8 Å². The monoisotopic (exact) mass is 449 g/mol. The molecule has 0 aliphatic carbocycles. The molecule has 0 unspecified atom stereocenters. The number of aromatic carboxylic acids is 1. The third kappa shape index (κ3) is 4.30. The molecule has 0 saturated carbocycles. The molecule has 1 aromatic heterocycles. The van der Waals surface area contributed by atoms with Crippen LogP contribution in [0.2, 0.25) is 0 Å². The van der Waals surface area contributed by atoms with E-state index in [2.05, 4.69) is 4.99 Å². The Morgan fingerprint density at radius 2 is 1.81 bits per heavy atom. The summed E-state index contributed by atoms with van der Waals surface area (Å²) in [4.78, 5) is 40.1. The third-order valence-electron chi connectivity index (χ3n) is 4.61. The minimum absolute atomic E-state index is 0.0111. The average molecular weight is 449 g/mol. The number of hydrogen-bond acceptors (Lipinski definition) is 7. The topological polar surface area (TPSA) is 126 Å². The van der Waals surface area contributed by atoms with Crippen molar-refractivity contribution in [1.82, 2.24) is 4.90 Å². The van der Waals surface area contributed by atoms with Crippen LogP contribution in [0.15, 0.2) is 75.0 Å². The van der Waals surface area contributed by atoms with Crippen molar-refractivity contribution in [3.05, 3.63) is 87.0 Å². The highest BCUT2D eigenvalue weighted by Gasteiger charge is 2.30. The number of hydrogen-bond donors (Lipinski definition) is 1. The summed E-state index contributed by atoms with van der Waals surface area (Å²) >= 11 is 1.17. The van der Waals surface area contributed by atoms with E-state index in [1.54, 1.807) is 49.5 Å². The smallest absolute Gasteiger partial charge is 0.335 e. The molecule has 2 heterocycles. The van der Waals surface area contributed by atoms with Crippen molar-refractivity contribution in [3.63, 3.8) is 0 Å². The molecule has 4 rings (SSSR count). The molecule has 0 radical (unpaired) electrons. The van der Waals surface area contributed by atoms with Crippen molar-refractivity contribution in [2.24, 2.45) is 4.99 Å². The minimum atomic E-state index is -1.02. The van der Waals surface area contributed by atoms with Gasteiger partial charge in [0.05, 0.1) is 21.1 Å². The molecule has 1 saturated heterocycles. The molecule has 9 nitrogen and oxygen atoms in total. The summed E-state index contributed by atoms with van der Waals surface area (Å²) in [5.41, 5.74) is 1.34. The van der Waals surface area contributed by atoms with Crippen molar-refractivity contribution >= 4 is 46.3 Å². The molecular formula is C22H15N3O6S. The molecule has 1 amide bonds. The lowest BCUT2D eigenvalue weighted by molar-refractivity contribution is -0.384. The van der Waals surface area contributed by atoms with Gasteiger partial charge in [0.25, 0.3) is 11.6 Å². The number of amidine groups is 1. The molecule has 0 bridgehead atoms. The number of furan rings is 1. The van der Waals surface area contributed by atoms with Gasteiger partial charge >= 0.3 is 5.97 Å². The van der Waals surface area contributed by atoms with Gasteiger partial charge in [-0.05, 0) is 60.3 Å². The number of benzene rings is 2. The normalized spacial score (nSPS) is 16.2. The largest absolute Gasteiger partial charge is 0.478 e. The van der Waals surface area contributed by atoms with E-state index in [1.165, 1.54) is 40.9 Å². The van der Waals surface area contributed by atoms with Crippen molar-refractivity contribution in [2.75, 3.05) is 7.05 Å². The summed E-state index contributed by atoms with van der Waals surface area (Å²) in [6, 6.07) is 15.4. The zero-order valence-electron chi connectivity index (χ0n) is 16.6. The van der Waals surface area contributed by atoms with Crippen LogP contribution in [0.5, 0.6) is 0 Å². The summed E-state index contributed by atoms with van der Waals surface area (Å²) in [7, 11) is 1.60. The molecule has 10 heteroatoms. The number of carboxylic acid groups (broad SMARTS) is 1. The summed E-state index contributed by atoms with van der Waals surface area (Å²) in [5, 5.41) is 20.2. The number of non-ortho nitro benzene ring substituents is 1. The number of nitro benzene ring substituents is 1. The summed E-state index contributed by atoms with van der Waals surface area (Å²) in [5.74, 6) is -0.301. The van der Waals surface area contributed by atoms with Crippen LogP contribution in [0.4, 0.5) is 11.4 Å². The fourth-order valence-electron chi connectivity index (χ4n) is 2.90. The Hall–Kier alpha value is -4.18. The number of thioether (sulfide) groups is 1. The molecule has 0 atom stereocenters. The van der Waals surface area contributed by atoms with Gasteiger partial charge in [-0.15, -0.1) is 0 Å². The van der Waals surface area contributed by atoms with Gasteiger partial charge < -0.3 is 9.52 Å². The minimum Gasteiger partial charge on any atom is -0.478 e. The maximum Gasteiger partial charge on any atom is 0.335 e. The number of nitro groups is 1. The molecular weight excluding hydrogens is 434 g/mol. The number of amides is 1. The first-order valence-electron chi connectivity index (χ1n) is 9.26. The standard InChI is InChI=1S/C22H15N3O6S/c1-24-20(26)19(32-22(24)23-15-6-2-14(3-7-15)21(27)28)12-17-10-11-18(31-17)13-4-8-16(9-5-13)25(29)30/h2-12H,1H3,(H,27,28). The van der Waals surface area contributed by atoms with Crippen molar-refractivity contribution in [2.45, 2.75) is 0 Å². The number of carbonyl (C=O) groups excluding carboxylic acids is 1. The first-order chi connectivity index (χ1) is 15.3. The number of rotatable bonds is 5. The Labute approximate surface area is 185 Å². The quantitative estimate of drug-likeness (QED) is 0.337. The Morgan fingerprint density at radius 1 is 1.12 bits per heavy atom. The van der Waals surface area contributed by atoms with Crippen LogP contribution < -0.4 is 0 Å². The summed E-state index contributed by atoms with van der Waals surface area (Å²) in [6.45, 7) is 0. The first-order valence-corrected chi connectivity index (χ1v) is 10.1. The average Bonchev–Trinajstić information content (AvgIpc) is 3.35. The highest BCUT2D eigenvalue weighted by Crippen LogP contribution is 2.34. The van der Waals surface area contributed by atoms with Gasteiger partial charge in [0.15, 0.2) is 5.17 Å². The van der Waals surface area contributed by atoms with Crippen LogP contribution in [0, 0.1) is 10.1 Å². The molecule has 1 N–H and O–H groups in total. The van der Waals surface area contributed by atoms with Crippen molar-refractivity contribution in [3.8, 4) is 11.3 Å². The number of carboxylic acids is 1. The van der Waals surface area contributed by atoms with Crippen LogP contribution in [-0.2, 0) is 4.79 Å². The van der Waals surface area contributed by atoms with Crippen LogP contribution in [0.1, 0.15) is 16.1 Å². The third-order valence-corrected chi connectivity index (χ3v) is 5.67. The van der Waals surface area contributed by atoms with Crippen LogP contribution >= 0.6 is 11.8 Å². The molecule has 1 aliphatic rings. The Morgan fingerprint density at radius 3 is 2.44 bits per heavy atom. The zero-order chi connectivity index (χ0) is 22.8. The molecule has 0 spiro atoms. The van der Waals surface area contributed by atoms with E-state index < -0.39 is 10.9 Å². The highest BCUT2D eigenvalue weighted by atomic mass is 32.2. The molecule has 2 aromatic carbocycles. The number of likely N-dealkylation sites (N-methyl/N-ethyl adjacent to an activating group) is 1. The van der Waals surface area contributed by atoms with Gasteiger partial charge in [-0.25, -0.2) is 9.79 Å². The molecule has 1 aliphatic heterocycles. The van der Waals surface area contributed by atoms with Gasteiger partial charge in [-0.1, -0.05) is 0 Å². The second kappa shape index (κ2) is 8.52. The Bertz CT molecular complexity index is 1280. The predicted octanol–water partition coefficient (Wildman–Crippen LogP) is 4.79. The molecule has 32 heavy (non-hydrogen) atoms. The van der Waals surface area contributed by atoms with E-state index >= 15 is 0 Å². The lowest BCUT2D eigenvalue weighted by Gasteiger charge is -2.07. The summed E-state index contributed by atoms with van der Waals surface area (Å²) < 4.78 is 5.78. The number of nitrogens with zero attached hydrogens (tertiary/aromatic N) is 3. The lowest BCUT2D eigenvalue weighted by Crippen LogP contribution is -2.23. The molecule has 3 aromatic rings. The SMILES string of the molecule is CN1C(=O)C(=Cc2ccc(-c3ccc([N+](=O)[O-])cc3)o2)SC1=Nc1ccc(C(=O)O)cc1. The predicted molar refractivity (Wildman–Crippen MR) is 120 cm³/mol. The van der Waals surface area contributed by atoms with E-state index in [4.69, 9.17) is 9.52 Å². The van der Waals surface area contributed by atoms with Crippen LogP contribution in [0.3, 0.4) is 0 Å². The fourth-order valence-corrected chi connectivity index (χ4v) is 3.87. The van der Waals surface area contributed by atoms with E-state index in [1.807, 2.05) is 0 Å². The number of aliphatic imine (C=N–C) groups is 1. The van der Waals surface area contributed by atoms with Gasteiger partial charge in [-0.2, -0.15) is 0 Å². The van der Waals surface area contributed by atoms with E-state index in [9.17, 15) is 19.7 Å². The first kappa shape index (κ1) is 21.1. The van der Waals surface area contributed by atoms with Crippen LogP contribution in [-0.4, -0.2) is 39.0 Å². The van der Waals surface area contributed by atoms with Crippen molar-refractivity contribution < 1.29 is 24.0 Å². The molecule has 160 valence electrons. The van der Waals surface area contributed by atoms with E-state index in [0.29, 0.717) is 32.8 Å². The second-order valence-electron chi connectivity index (χ2n) is 6.73. The zero-order valence-corrected chi connectivity index (χ0v) is 17.4. The lowest BCUT2D eigenvalue weighted by atomic mass is 10.1. The fraction of sp³-hybridized carbons (Fsp3) is 0.0455. The van der Waals surface area contributed by atoms with Gasteiger partial charge in [0.2, 0.25) is 0 Å². The highest BCUT2D eigenvalue weighted by molar-refractivity contribution is 8.18.